The molecule has 0 heterocycles. The highest BCUT2D eigenvalue weighted by Crippen LogP contribution is 2.28. The van der Waals surface area contributed by atoms with E-state index in [4.69, 9.17) is 4.74 Å². The highest BCUT2D eigenvalue weighted by molar-refractivity contribution is 9.09. The van der Waals surface area contributed by atoms with Crippen molar-refractivity contribution >= 4 is 27.5 Å². The van der Waals surface area contributed by atoms with Gasteiger partial charge in [0.1, 0.15) is 0 Å². The lowest BCUT2D eigenvalue weighted by molar-refractivity contribution is -0.385. The minimum Gasteiger partial charge on any atom is -0.490 e. The summed E-state index contributed by atoms with van der Waals surface area (Å²) in [6.45, 7) is 5.69. The maximum Gasteiger partial charge on any atom is 0.310 e. The Balaban J connectivity index is 3.04. The summed E-state index contributed by atoms with van der Waals surface area (Å²) in [5, 5.41) is 13.7. The maximum absolute atomic E-state index is 12.2. The second-order valence-electron chi connectivity index (χ2n) is 4.94. The Bertz CT molecular complexity index is 529. The van der Waals surface area contributed by atoms with Gasteiger partial charge in [0.15, 0.2) is 5.75 Å². The van der Waals surface area contributed by atoms with Crippen LogP contribution in [0.15, 0.2) is 18.2 Å². The lowest BCUT2D eigenvalue weighted by Crippen LogP contribution is -2.48. The molecule has 0 bridgehead atoms. The van der Waals surface area contributed by atoms with Gasteiger partial charge in [-0.25, -0.2) is 0 Å². The van der Waals surface area contributed by atoms with Crippen molar-refractivity contribution in [2.24, 2.45) is 0 Å². The number of ether oxygens (including phenoxy) is 1. The first kappa shape index (κ1) is 16.4. The van der Waals surface area contributed by atoms with Crippen molar-refractivity contribution < 1.29 is 14.5 Å². The number of rotatable bonds is 5. The van der Waals surface area contributed by atoms with Crippen LogP contribution >= 0.6 is 15.9 Å². The van der Waals surface area contributed by atoms with Crippen LogP contribution in [0.1, 0.15) is 31.1 Å². The lowest BCUT2D eigenvalue weighted by Gasteiger charge is -2.29. The Morgan fingerprint density at radius 3 is 2.55 bits per heavy atom. The second-order valence-corrected chi connectivity index (χ2v) is 6.31. The fourth-order valence-electron chi connectivity index (χ4n) is 1.43. The van der Waals surface area contributed by atoms with Crippen molar-refractivity contribution in [3.05, 3.63) is 33.9 Å². The van der Waals surface area contributed by atoms with Gasteiger partial charge in [-0.05, 0) is 19.9 Å². The van der Waals surface area contributed by atoms with Gasteiger partial charge >= 0.3 is 5.69 Å². The van der Waals surface area contributed by atoms with Crippen LogP contribution in [0.3, 0.4) is 0 Å². The number of nitro benzene ring substituents is 1. The van der Waals surface area contributed by atoms with Crippen LogP contribution in [-0.2, 0) is 0 Å². The maximum atomic E-state index is 12.2. The van der Waals surface area contributed by atoms with Gasteiger partial charge in [-0.15, -0.1) is 0 Å². The number of alkyl halides is 1. The first-order valence-corrected chi connectivity index (χ1v) is 6.89. The molecule has 1 rings (SSSR count). The molecular formula is C13H17BrN2O4. The molecule has 1 N–H and O–H groups in total. The molecule has 1 amide bonds. The van der Waals surface area contributed by atoms with E-state index in [2.05, 4.69) is 21.2 Å². The first-order chi connectivity index (χ1) is 9.19. The van der Waals surface area contributed by atoms with E-state index in [0.717, 1.165) is 0 Å². The van der Waals surface area contributed by atoms with E-state index < -0.39 is 10.5 Å². The third-order valence-corrected chi connectivity index (χ3v) is 4.21. The highest BCUT2D eigenvalue weighted by Gasteiger charge is 2.27. The number of benzene rings is 1. The van der Waals surface area contributed by atoms with Crippen molar-refractivity contribution in [1.29, 1.82) is 0 Å². The molecule has 1 aromatic rings. The van der Waals surface area contributed by atoms with Crippen LogP contribution in [0.25, 0.3) is 0 Å². The van der Waals surface area contributed by atoms with Crippen molar-refractivity contribution in [1.82, 2.24) is 5.32 Å². The van der Waals surface area contributed by atoms with Gasteiger partial charge in [0, 0.05) is 28.1 Å². The van der Waals surface area contributed by atoms with Crippen LogP contribution in [0, 0.1) is 10.1 Å². The van der Waals surface area contributed by atoms with Gasteiger partial charge in [0.25, 0.3) is 5.91 Å². The zero-order chi connectivity index (χ0) is 15.5. The molecule has 0 spiro atoms. The molecule has 20 heavy (non-hydrogen) atoms. The van der Waals surface area contributed by atoms with Crippen molar-refractivity contribution in [3.63, 3.8) is 0 Å². The summed E-state index contributed by atoms with van der Waals surface area (Å²) >= 11 is 3.43. The summed E-state index contributed by atoms with van der Waals surface area (Å²) in [5.41, 5.74) is -0.308. The van der Waals surface area contributed by atoms with Crippen LogP contribution in [0.5, 0.6) is 5.75 Å². The van der Waals surface area contributed by atoms with Crippen LogP contribution in [0.4, 0.5) is 5.69 Å². The highest BCUT2D eigenvalue weighted by atomic mass is 79.9. The number of methoxy groups -OCH3 is 1. The average molecular weight is 345 g/mol. The molecule has 0 fully saturated rings. The minimum absolute atomic E-state index is 0.0624. The van der Waals surface area contributed by atoms with E-state index in [1.165, 1.54) is 25.3 Å². The normalized spacial score (nSPS) is 12.7. The van der Waals surface area contributed by atoms with Gasteiger partial charge in [0.2, 0.25) is 0 Å². The minimum atomic E-state index is -0.551. The Morgan fingerprint density at radius 1 is 1.50 bits per heavy atom. The molecular weight excluding hydrogens is 328 g/mol. The van der Waals surface area contributed by atoms with Crippen molar-refractivity contribution in [2.45, 2.75) is 31.1 Å². The summed E-state index contributed by atoms with van der Waals surface area (Å²) in [6.07, 6.45) is 0. The lowest BCUT2D eigenvalue weighted by atomic mass is 10.0. The predicted molar refractivity (Wildman–Crippen MR) is 79.6 cm³/mol. The largest absolute Gasteiger partial charge is 0.490 e. The number of nitrogens with one attached hydrogen (secondary N) is 1. The van der Waals surface area contributed by atoms with Crippen LogP contribution < -0.4 is 10.1 Å². The smallest absolute Gasteiger partial charge is 0.310 e. The second kappa shape index (κ2) is 6.21. The van der Waals surface area contributed by atoms with E-state index in [9.17, 15) is 14.9 Å². The topological polar surface area (TPSA) is 81.5 Å². The Hall–Kier alpha value is -1.63. The number of hydrogen-bond donors (Lipinski definition) is 1. The standard InChI is InChI=1S/C13H17BrN2O4/c1-8(14)13(2,3)15-12(17)9-5-6-10(16(18)19)11(7-9)20-4/h5-8H,1-4H3,(H,15,17). The number of nitro groups is 1. The van der Waals surface area contributed by atoms with E-state index >= 15 is 0 Å². The van der Waals surface area contributed by atoms with E-state index in [1.54, 1.807) is 0 Å². The van der Waals surface area contributed by atoms with Crippen molar-refractivity contribution in [3.8, 4) is 5.75 Å². The summed E-state index contributed by atoms with van der Waals surface area (Å²) in [4.78, 5) is 22.5. The molecule has 0 saturated heterocycles. The SMILES string of the molecule is COc1cc(C(=O)NC(C)(C)C(C)Br)ccc1[N+](=O)[O-]. The van der Waals surface area contributed by atoms with Crippen LogP contribution in [0.2, 0.25) is 0 Å². The first-order valence-electron chi connectivity index (χ1n) is 5.98. The quantitative estimate of drug-likeness (QED) is 0.505. The Labute approximate surface area is 125 Å². The van der Waals surface area contributed by atoms with E-state index in [-0.39, 0.29) is 22.2 Å². The molecule has 0 aromatic heterocycles. The summed E-state index contributed by atoms with van der Waals surface area (Å²) < 4.78 is 4.94. The molecule has 0 radical (unpaired) electrons. The van der Waals surface area contributed by atoms with Crippen LogP contribution in [-0.4, -0.2) is 28.3 Å². The number of carbonyl (C=O) groups is 1. The van der Waals surface area contributed by atoms with E-state index in [1.807, 2.05) is 20.8 Å². The number of carbonyl (C=O) groups excluding carboxylic acids is 1. The third kappa shape index (κ3) is 3.69. The number of nitrogens with zero attached hydrogens (tertiary/aromatic N) is 1. The Morgan fingerprint density at radius 2 is 2.10 bits per heavy atom. The summed E-state index contributed by atoms with van der Waals surface area (Å²) in [5.74, 6) is -0.248. The summed E-state index contributed by atoms with van der Waals surface area (Å²) in [7, 11) is 1.33. The van der Waals surface area contributed by atoms with Gasteiger partial charge in [-0.2, -0.15) is 0 Å². The van der Waals surface area contributed by atoms with E-state index in [0.29, 0.717) is 5.56 Å². The third-order valence-electron chi connectivity index (χ3n) is 3.07. The average Bonchev–Trinajstić information content (AvgIpc) is 2.36. The molecule has 7 heteroatoms. The molecule has 0 aliphatic carbocycles. The molecule has 110 valence electrons. The molecule has 0 aliphatic rings. The molecule has 0 aliphatic heterocycles. The zero-order valence-corrected chi connectivity index (χ0v) is 13.4. The van der Waals surface area contributed by atoms with Gasteiger partial charge in [-0.3, -0.25) is 14.9 Å². The number of halogens is 1. The Kier molecular flexibility index (Phi) is 5.10. The number of amides is 1. The van der Waals surface area contributed by atoms with Gasteiger partial charge in [-0.1, -0.05) is 22.9 Å². The molecule has 1 aromatic carbocycles. The summed E-state index contributed by atoms with van der Waals surface area (Å²) in [6, 6.07) is 4.03. The zero-order valence-electron chi connectivity index (χ0n) is 11.8. The monoisotopic (exact) mass is 344 g/mol. The molecule has 1 atom stereocenters. The fraction of sp³-hybridized carbons (Fsp3) is 0.462. The van der Waals surface area contributed by atoms with Gasteiger partial charge in [0.05, 0.1) is 12.0 Å². The predicted octanol–water partition coefficient (Wildman–Crippen LogP) is 2.90. The van der Waals surface area contributed by atoms with Gasteiger partial charge < -0.3 is 10.1 Å². The van der Waals surface area contributed by atoms with Crippen molar-refractivity contribution in [2.75, 3.05) is 7.11 Å². The molecule has 1 unspecified atom stereocenters. The molecule has 6 nitrogen and oxygen atoms in total. The number of hydrogen-bond acceptors (Lipinski definition) is 4. The fourth-order valence-corrected chi connectivity index (χ4v) is 1.55. The molecule has 0 saturated carbocycles.